The predicted molar refractivity (Wildman–Crippen MR) is 53.9 cm³/mol. The molecule has 1 aliphatic heterocycles. The molecule has 0 bridgehead atoms. The zero-order valence-corrected chi connectivity index (χ0v) is 8.79. The van der Waals surface area contributed by atoms with Crippen molar-refractivity contribution in [1.82, 2.24) is 5.32 Å². The Kier molecular flexibility index (Phi) is 3.06. The van der Waals surface area contributed by atoms with Crippen LogP contribution in [0.25, 0.3) is 0 Å². The van der Waals surface area contributed by atoms with E-state index in [4.69, 9.17) is 4.74 Å². The van der Waals surface area contributed by atoms with Crippen LogP contribution in [0.2, 0.25) is 0 Å². The van der Waals surface area contributed by atoms with E-state index in [2.05, 4.69) is 5.32 Å². The highest BCUT2D eigenvalue weighted by Crippen LogP contribution is 2.32. The van der Waals surface area contributed by atoms with Gasteiger partial charge in [0.15, 0.2) is 0 Å². The van der Waals surface area contributed by atoms with Crippen molar-refractivity contribution in [1.29, 1.82) is 0 Å². The Labute approximate surface area is 85.2 Å². The minimum absolute atomic E-state index is 0.0403. The normalized spacial score (nSPS) is 37.4. The van der Waals surface area contributed by atoms with E-state index in [-0.39, 0.29) is 11.9 Å². The number of carbonyl (C=O) groups excluding carboxylic acids is 1. The van der Waals surface area contributed by atoms with Crippen LogP contribution in [-0.2, 0) is 9.53 Å². The van der Waals surface area contributed by atoms with Gasteiger partial charge in [0.05, 0.1) is 13.0 Å². The fourth-order valence-corrected chi connectivity index (χ4v) is 2.85. The maximum atomic E-state index is 11.4. The molecule has 80 valence electrons. The van der Waals surface area contributed by atoms with Gasteiger partial charge in [-0.15, -0.1) is 0 Å². The van der Waals surface area contributed by atoms with Crippen molar-refractivity contribution in [2.24, 2.45) is 11.8 Å². The van der Waals surface area contributed by atoms with Crippen LogP contribution in [0.5, 0.6) is 0 Å². The van der Waals surface area contributed by atoms with E-state index < -0.39 is 0 Å². The molecule has 0 spiro atoms. The predicted octanol–water partition coefficient (Wildman–Crippen LogP) is 1.33. The first-order valence-electron chi connectivity index (χ1n) is 5.62. The lowest BCUT2D eigenvalue weighted by molar-refractivity contribution is -0.147. The topological polar surface area (TPSA) is 38.3 Å². The molecule has 3 nitrogen and oxygen atoms in total. The highest BCUT2D eigenvalue weighted by atomic mass is 16.5. The Hall–Kier alpha value is -0.570. The van der Waals surface area contributed by atoms with Gasteiger partial charge in [0, 0.05) is 12.6 Å². The van der Waals surface area contributed by atoms with Gasteiger partial charge in [-0.1, -0.05) is 12.8 Å². The fourth-order valence-electron chi connectivity index (χ4n) is 2.85. The van der Waals surface area contributed by atoms with Crippen molar-refractivity contribution >= 4 is 5.97 Å². The summed E-state index contributed by atoms with van der Waals surface area (Å²) < 4.78 is 4.79. The Bertz CT molecular complexity index is 217. The van der Waals surface area contributed by atoms with Gasteiger partial charge in [0.1, 0.15) is 0 Å². The summed E-state index contributed by atoms with van der Waals surface area (Å²) in [4.78, 5) is 11.4. The van der Waals surface area contributed by atoms with E-state index in [0.29, 0.717) is 12.0 Å². The van der Waals surface area contributed by atoms with Crippen LogP contribution in [-0.4, -0.2) is 25.7 Å². The first-order valence-corrected chi connectivity index (χ1v) is 5.62. The molecule has 0 radical (unpaired) electrons. The quantitative estimate of drug-likeness (QED) is 0.644. The van der Waals surface area contributed by atoms with Crippen molar-refractivity contribution in [3.63, 3.8) is 0 Å². The van der Waals surface area contributed by atoms with Crippen molar-refractivity contribution < 1.29 is 9.53 Å². The van der Waals surface area contributed by atoms with Gasteiger partial charge in [-0.3, -0.25) is 4.79 Å². The van der Waals surface area contributed by atoms with E-state index in [9.17, 15) is 4.79 Å². The van der Waals surface area contributed by atoms with Gasteiger partial charge in [0.25, 0.3) is 0 Å². The fraction of sp³-hybridized carbons (Fsp3) is 0.909. The van der Waals surface area contributed by atoms with E-state index >= 15 is 0 Å². The standard InChI is InChI=1S/C11H19NO2/c1-14-11(13)9-6-8-4-2-3-5-10(8)12-7-9/h8-10,12H,2-7H2,1H3/t8-,9?,10-/m0/s1. The zero-order chi connectivity index (χ0) is 9.97. The Morgan fingerprint density at radius 3 is 2.93 bits per heavy atom. The second-order valence-corrected chi connectivity index (χ2v) is 4.52. The summed E-state index contributed by atoms with van der Waals surface area (Å²) in [5.41, 5.74) is 0. The molecule has 1 aliphatic carbocycles. The van der Waals surface area contributed by atoms with Crippen LogP contribution in [0.15, 0.2) is 0 Å². The zero-order valence-electron chi connectivity index (χ0n) is 8.79. The van der Waals surface area contributed by atoms with Crippen molar-refractivity contribution in [2.75, 3.05) is 13.7 Å². The summed E-state index contributed by atoms with van der Waals surface area (Å²) >= 11 is 0. The van der Waals surface area contributed by atoms with E-state index in [1.165, 1.54) is 32.8 Å². The molecule has 2 fully saturated rings. The number of rotatable bonds is 1. The van der Waals surface area contributed by atoms with Gasteiger partial charge in [-0.2, -0.15) is 0 Å². The summed E-state index contributed by atoms with van der Waals surface area (Å²) in [6, 6.07) is 0.671. The Morgan fingerprint density at radius 2 is 2.14 bits per heavy atom. The van der Waals surface area contributed by atoms with E-state index in [1.54, 1.807) is 0 Å². The highest BCUT2D eigenvalue weighted by Gasteiger charge is 2.34. The molecule has 1 heterocycles. The number of hydrogen-bond acceptors (Lipinski definition) is 3. The lowest BCUT2D eigenvalue weighted by Crippen LogP contribution is -2.48. The number of esters is 1. The van der Waals surface area contributed by atoms with Gasteiger partial charge < -0.3 is 10.1 Å². The monoisotopic (exact) mass is 197 g/mol. The highest BCUT2D eigenvalue weighted by molar-refractivity contribution is 5.72. The molecule has 2 rings (SSSR count). The number of ether oxygens (including phenoxy) is 1. The van der Waals surface area contributed by atoms with Crippen LogP contribution in [0.3, 0.4) is 0 Å². The van der Waals surface area contributed by atoms with Crippen LogP contribution >= 0.6 is 0 Å². The molecule has 1 saturated carbocycles. The third-order valence-electron chi connectivity index (χ3n) is 3.66. The summed E-state index contributed by atoms with van der Waals surface area (Å²) in [6.07, 6.45) is 6.28. The molecule has 0 aromatic carbocycles. The number of fused-ring (bicyclic) bond motifs is 1. The van der Waals surface area contributed by atoms with E-state index in [0.717, 1.165) is 13.0 Å². The van der Waals surface area contributed by atoms with Gasteiger partial charge in [0.2, 0.25) is 0 Å². The second-order valence-electron chi connectivity index (χ2n) is 4.52. The van der Waals surface area contributed by atoms with Crippen LogP contribution in [0.1, 0.15) is 32.1 Å². The molecule has 0 aromatic rings. The van der Waals surface area contributed by atoms with Gasteiger partial charge >= 0.3 is 5.97 Å². The molecule has 0 aromatic heterocycles. The summed E-state index contributed by atoms with van der Waals surface area (Å²) in [5, 5.41) is 3.49. The summed E-state index contributed by atoms with van der Waals surface area (Å²) in [5.74, 6) is 0.766. The first-order chi connectivity index (χ1) is 6.81. The summed E-state index contributed by atoms with van der Waals surface area (Å²) in [7, 11) is 1.48. The SMILES string of the molecule is COC(=O)C1CN[C@H]2CCCC[C@H]2C1. The molecule has 1 unspecified atom stereocenters. The molecule has 14 heavy (non-hydrogen) atoms. The maximum absolute atomic E-state index is 11.4. The van der Waals surface area contributed by atoms with Gasteiger partial charge in [-0.25, -0.2) is 0 Å². The number of carbonyl (C=O) groups is 1. The number of piperidine rings is 1. The molecule has 1 saturated heterocycles. The lowest BCUT2D eigenvalue weighted by atomic mass is 9.76. The molecular formula is C11H19NO2. The molecule has 1 N–H and O–H groups in total. The van der Waals surface area contributed by atoms with Crippen molar-refractivity contribution in [3.8, 4) is 0 Å². The molecule has 3 heteroatoms. The largest absolute Gasteiger partial charge is 0.469 e. The average Bonchev–Trinajstić information content (AvgIpc) is 2.27. The Morgan fingerprint density at radius 1 is 1.36 bits per heavy atom. The molecular weight excluding hydrogens is 178 g/mol. The van der Waals surface area contributed by atoms with Crippen LogP contribution < -0.4 is 5.32 Å². The third-order valence-corrected chi connectivity index (χ3v) is 3.66. The smallest absolute Gasteiger partial charge is 0.309 e. The van der Waals surface area contributed by atoms with E-state index in [1.807, 2.05) is 0 Å². The molecule has 2 aliphatic rings. The molecule has 3 atom stereocenters. The molecule has 0 amide bonds. The Balaban J connectivity index is 1.92. The minimum Gasteiger partial charge on any atom is -0.469 e. The van der Waals surface area contributed by atoms with Crippen LogP contribution in [0, 0.1) is 11.8 Å². The minimum atomic E-state index is -0.0403. The number of nitrogens with one attached hydrogen (secondary N) is 1. The van der Waals surface area contributed by atoms with Gasteiger partial charge in [-0.05, 0) is 25.2 Å². The van der Waals surface area contributed by atoms with Crippen LogP contribution in [0.4, 0.5) is 0 Å². The average molecular weight is 197 g/mol. The maximum Gasteiger partial charge on any atom is 0.309 e. The second kappa shape index (κ2) is 4.30. The first kappa shape index (κ1) is 9.97. The number of hydrogen-bond donors (Lipinski definition) is 1. The summed E-state index contributed by atoms with van der Waals surface area (Å²) in [6.45, 7) is 0.813. The van der Waals surface area contributed by atoms with Crippen molar-refractivity contribution in [3.05, 3.63) is 0 Å². The third kappa shape index (κ3) is 1.92. The lowest BCUT2D eigenvalue weighted by Gasteiger charge is -2.39. The number of methoxy groups -OCH3 is 1. The van der Waals surface area contributed by atoms with Crippen molar-refractivity contribution in [2.45, 2.75) is 38.1 Å².